The lowest BCUT2D eigenvalue weighted by atomic mass is 9.96. The maximum atomic E-state index is 6.27. The Hall–Kier alpha value is -0.0700. The molecule has 2 rings (SSSR count). The van der Waals surface area contributed by atoms with Crippen LogP contribution in [0.4, 0.5) is 0 Å². The van der Waals surface area contributed by atoms with Crippen LogP contribution in [0.25, 0.3) is 0 Å². The fraction of sp³-hybridized carbons (Fsp3) is 0.333. The van der Waals surface area contributed by atoms with Gasteiger partial charge in [-0.15, -0.1) is 0 Å². The molecule has 0 radical (unpaired) electrons. The molecule has 86 valence electrons. The average Bonchev–Trinajstić information content (AvgIpc) is 2.32. The lowest BCUT2D eigenvalue weighted by Gasteiger charge is -2.21. The Morgan fingerprint density at radius 2 is 2.25 bits per heavy atom. The second-order valence-electron chi connectivity index (χ2n) is 3.81. The topological polar surface area (TPSA) is 35.2 Å². The highest BCUT2D eigenvalue weighted by molar-refractivity contribution is 14.1. The van der Waals surface area contributed by atoms with E-state index >= 15 is 0 Å². The maximum Gasteiger partial charge on any atom is 0.0876 e. The summed E-state index contributed by atoms with van der Waals surface area (Å²) in [6.07, 6.45) is 3.92. The summed E-state index contributed by atoms with van der Waals surface area (Å²) in [5.74, 6) is 0. The van der Waals surface area contributed by atoms with Gasteiger partial charge in [0.15, 0.2) is 0 Å². The molecule has 0 saturated carbocycles. The van der Waals surface area contributed by atoms with Crippen molar-refractivity contribution >= 4 is 38.5 Å². The molecule has 0 bridgehead atoms. The predicted molar refractivity (Wildman–Crippen MR) is 77.1 cm³/mol. The first kappa shape index (κ1) is 12.4. The van der Waals surface area contributed by atoms with Gasteiger partial charge in [0.05, 0.1) is 18.9 Å². The third kappa shape index (κ3) is 2.78. The third-order valence-corrected chi connectivity index (χ3v) is 4.13. The molecule has 4 heteroatoms. The van der Waals surface area contributed by atoms with Gasteiger partial charge in [-0.3, -0.25) is 0 Å². The van der Waals surface area contributed by atoms with E-state index in [4.69, 9.17) is 10.5 Å². The predicted octanol–water partition coefficient (Wildman–Crippen LogP) is 3.75. The van der Waals surface area contributed by atoms with Crippen LogP contribution in [0.2, 0.25) is 0 Å². The van der Waals surface area contributed by atoms with Crippen LogP contribution in [-0.4, -0.2) is 6.61 Å². The van der Waals surface area contributed by atoms with E-state index in [9.17, 15) is 0 Å². The quantitative estimate of drug-likeness (QED) is 0.776. The Morgan fingerprint density at radius 1 is 1.44 bits per heavy atom. The summed E-state index contributed by atoms with van der Waals surface area (Å²) < 4.78 is 7.60. The molecule has 1 aliphatic rings. The van der Waals surface area contributed by atoms with Gasteiger partial charge >= 0.3 is 0 Å². The minimum Gasteiger partial charge on any atom is -0.501 e. The summed E-state index contributed by atoms with van der Waals surface area (Å²) in [5, 5.41) is 0. The highest BCUT2D eigenvalue weighted by Crippen LogP contribution is 2.30. The summed E-state index contributed by atoms with van der Waals surface area (Å²) in [7, 11) is 0. The van der Waals surface area contributed by atoms with Crippen LogP contribution in [-0.2, 0) is 4.74 Å². The lowest BCUT2D eigenvalue weighted by Crippen LogP contribution is -2.17. The zero-order valence-corrected chi connectivity index (χ0v) is 12.5. The second-order valence-corrected chi connectivity index (χ2v) is 5.89. The summed E-state index contributed by atoms with van der Waals surface area (Å²) in [4.78, 5) is 0. The van der Waals surface area contributed by atoms with Crippen LogP contribution in [0.15, 0.2) is 34.5 Å². The van der Waals surface area contributed by atoms with E-state index in [2.05, 4.69) is 50.7 Å². The second kappa shape index (κ2) is 5.51. The van der Waals surface area contributed by atoms with Gasteiger partial charge < -0.3 is 10.5 Å². The normalized spacial score (nSPS) is 17.6. The number of hydrogen-bond donors (Lipinski definition) is 1. The molecule has 0 fully saturated rings. The molecule has 0 aromatic heterocycles. The standard InChI is InChI=1S/C12H13BrINO/c13-9-3-4-11(14)10(6-9)12(15)8-2-1-5-16-7-8/h3-4,6-7,12H,1-2,5,15H2. The fourth-order valence-corrected chi connectivity index (χ4v) is 2.82. The minimum atomic E-state index is -0.0512. The van der Waals surface area contributed by atoms with Gasteiger partial charge in [0, 0.05) is 8.04 Å². The summed E-state index contributed by atoms with van der Waals surface area (Å²) in [5.41, 5.74) is 8.61. The molecule has 1 unspecified atom stereocenters. The lowest BCUT2D eigenvalue weighted by molar-refractivity contribution is 0.221. The monoisotopic (exact) mass is 393 g/mol. The van der Waals surface area contributed by atoms with Crippen molar-refractivity contribution in [2.45, 2.75) is 18.9 Å². The van der Waals surface area contributed by atoms with E-state index in [0.717, 1.165) is 29.5 Å². The van der Waals surface area contributed by atoms with Crippen molar-refractivity contribution in [3.05, 3.63) is 43.6 Å². The molecule has 1 atom stereocenters. The molecule has 2 nitrogen and oxygen atoms in total. The number of halogens is 2. The first-order chi connectivity index (χ1) is 7.68. The van der Waals surface area contributed by atoms with Crippen LogP contribution in [0.1, 0.15) is 24.4 Å². The molecule has 1 aromatic carbocycles. The van der Waals surface area contributed by atoms with E-state index < -0.39 is 0 Å². The number of benzene rings is 1. The highest BCUT2D eigenvalue weighted by atomic mass is 127. The van der Waals surface area contributed by atoms with Crippen molar-refractivity contribution in [1.82, 2.24) is 0 Å². The van der Waals surface area contributed by atoms with Crippen LogP contribution >= 0.6 is 38.5 Å². The molecule has 16 heavy (non-hydrogen) atoms. The third-order valence-electron chi connectivity index (χ3n) is 2.65. The van der Waals surface area contributed by atoms with Gasteiger partial charge in [-0.05, 0) is 64.8 Å². The number of ether oxygens (including phenoxy) is 1. The molecular weight excluding hydrogens is 381 g/mol. The van der Waals surface area contributed by atoms with E-state index in [1.165, 1.54) is 9.14 Å². The summed E-state index contributed by atoms with van der Waals surface area (Å²) >= 11 is 5.80. The molecule has 1 aromatic rings. The highest BCUT2D eigenvalue weighted by Gasteiger charge is 2.17. The van der Waals surface area contributed by atoms with Crippen LogP contribution in [0, 0.1) is 3.57 Å². The molecular formula is C12H13BrINO. The van der Waals surface area contributed by atoms with Crippen molar-refractivity contribution < 1.29 is 4.74 Å². The van der Waals surface area contributed by atoms with Crippen molar-refractivity contribution in [2.75, 3.05) is 6.61 Å². The Kier molecular flexibility index (Phi) is 4.27. The average molecular weight is 394 g/mol. The van der Waals surface area contributed by atoms with Gasteiger partial charge in [0.2, 0.25) is 0 Å². The molecule has 1 aliphatic heterocycles. The maximum absolute atomic E-state index is 6.27. The Bertz CT molecular complexity index is 419. The minimum absolute atomic E-state index is 0.0512. The Labute approximate surface area is 118 Å². The Morgan fingerprint density at radius 3 is 2.94 bits per heavy atom. The zero-order chi connectivity index (χ0) is 11.5. The molecule has 2 N–H and O–H groups in total. The molecule has 1 heterocycles. The Balaban J connectivity index is 2.29. The largest absolute Gasteiger partial charge is 0.501 e. The smallest absolute Gasteiger partial charge is 0.0876 e. The van der Waals surface area contributed by atoms with Gasteiger partial charge in [0.25, 0.3) is 0 Å². The van der Waals surface area contributed by atoms with E-state index in [1.54, 1.807) is 0 Å². The number of nitrogens with two attached hydrogens (primary N) is 1. The van der Waals surface area contributed by atoms with E-state index in [1.807, 2.05) is 12.3 Å². The molecule has 0 saturated heterocycles. The molecule has 0 spiro atoms. The van der Waals surface area contributed by atoms with Gasteiger partial charge in [-0.2, -0.15) is 0 Å². The van der Waals surface area contributed by atoms with Crippen molar-refractivity contribution in [3.63, 3.8) is 0 Å². The number of hydrogen-bond acceptors (Lipinski definition) is 2. The SMILES string of the molecule is NC(C1=COCCC1)c1cc(Br)ccc1I. The van der Waals surface area contributed by atoms with Crippen molar-refractivity contribution in [2.24, 2.45) is 5.73 Å². The van der Waals surface area contributed by atoms with Crippen LogP contribution in [0.5, 0.6) is 0 Å². The first-order valence-corrected chi connectivity index (χ1v) is 7.07. The molecule has 0 aliphatic carbocycles. The molecule has 0 amide bonds. The fourth-order valence-electron chi connectivity index (χ4n) is 1.77. The van der Waals surface area contributed by atoms with Crippen LogP contribution < -0.4 is 5.73 Å². The van der Waals surface area contributed by atoms with Gasteiger partial charge in [0.1, 0.15) is 0 Å². The summed E-state index contributed by atoms with van der Waals surface area (Å²) in [6.45, 7) is 0.811. The number of rotatable bonds is 2. The summed E-state index contributed by atoms with van der Waals surface area (Å²) in [6, 6.07) is 6.14. The van der Waals surface area contributed by atoms with Gasteiger partial charge in [-0.25, -0.2) is 0 Å². The van der Waals surface area contributed by atoms with E-state index in [-0.39, 0.29) is 6.04 Å². The van der Waals surface area contributed by atoms with E-state index in [0.29, 0.717) is 0 Å². The van der Waals surface area contributed by atoms with Crippen molar-refractivity contribution in [1.29, 1.82) is 0 Å². The van der Waals surface area contributed by atoms with Crippen LogP contribution in [0.3, 0.4) is 0 Å². The van der Waals surface area contributed by atoms with Crippen molar-refractivity contribution in [3.8, 4) is 0 Å². The zero-order valence-electron chi connectivity index (χ0n) is 8.75. The van der Waals surface area contributed by atoms with Gasteiger partial charge in [-0.1, -0.05) is 15.9 Å². The first-order valence-electron chi connectivity index (χ1n) is 5.19.